The molecule has 0 aliphatic heterocycles. The van der Waals surface area contributed by atoms with Crippen molar-refractivity contribution in [1.82, 2.24) is 4.90 Å². The highest BCUT2D eigenvalue weighted by molar-refractivity contribution is 6.30. The Morgan fingerprint density at radius 1 is 0.864 bits per heavy atom. The minimum atomic E-state index is -1.20. The summed E-state index contributed by atoms with van der Waals surface area (Å²) < 4.78 is 12.0. The third-order valence-electron chi connectivity index (χ3n) is 16.6. The van der Waals surface area contributed by atoms with Crippen molar-refractivity contribution < 1.29 is 38.6 Å². The molecule has 1 aromatic rings. The van der Waals surface area contributed by atoms with Gasteiger partial charge in [0.15, 0.2) is 11.6 Å². The van der Waals surface area contributed by atoms with E-state index in [4.69, 9.17) is 21.1 Å². The summed E-state index contributed by atoms with van der Waals surface area (Å²) in [5.74, 6) is -0.769. The van der Waals surface area contributed by atoms with Gasteiger partial charge in [0.25, 0.3) is 0 Å². The Hall–Kier alpha value is -3.20. The van der Waals surface area contributed by atoms with E-state index >= 15 is 4.79 Å². The molecule has 0 aromatic heterocycles. The van der Waals surface area contributed by atoms with Gasteiger partial charge in [0, 0.05) is 23.4 Å². The van der Waals surface area contributed by atoms with Crippen LogP contribution in [0.5, 0.6) is 0 Å². The van der Waals surface area contributed by atoms with Crippen LogP contribution in [0.2, 0.25) is 5.02 Å². The molecule has 10 heteroatoms. The Morgan fingerprint density at radius 2 is 1.51 bits per heavy atom. The summed E-state index contributed by atoms with van der Waals surface area (Å²) in [6, 6.07) is 7.26. The number of carboxylic acid groups (broad SMARTS) is 1. The fraction of sp³-hybridized carbons (Fsp3) is 0.735. The predicted molar refractivity (Wildman–Crippen MR) is 228 cm³/mol. The maximum Gasteiger partial charge on any atom is 0.410 e. The van der Waals surface area contributed by atoms with Gasteiger partial charge in [0.1, 0.15) is 11.7 Å². The van der Waals surface area contributed by atoms with Crippen LogP contribution in [0.4, 0.5) is 4.79 Å². The minimum absolute atomic E-state index is 0.0194. The Balaban J connectivity index is 1.31. The van der Waals surface area contributed by atoms with E-state index in [1.165, 1.54) is 4.90 Å². The Kier molecular flexibility index (Phi) is 11.8. The third kappa shape index (κ3) is 7.71. The molecule has 0 saturated heterocycles. The van der Waals surface area contributed by atoms with Crippen LogP contribution in [0.15, 0.2) is 35.4 Å². The number of ketones is 2. The van der Waals surface area contributed by atoms with Crippen LogP contribution < -0.4 is 0 Å². The molecule has 0 spiro atoms. The monoisotopic (exact) mass is 835 g/mol. The number of esters is 1. The number of allylic oxidation sites excluding steroid dienone is 2. The number of nitrogens with zero attached hydrogens (tertiary/aromatic N) is 1. The summed E-state index contributed by atoms with van der Waals surface area (Å²) in [5.41, 5.74) is -0.778. The number of amides is 1. The highest BCUT2D eigenvalue weighted by atomic mass is 35.5. The molecule has 0 heterocycles. The highest BCUT2D eigenvalue weighted by Gasteiger charge is 2.71. The average Bonchev–Trinajstić information content (AvgIpc) is 3.42. The molecule has 1 aromatic carbocycles. The third-order valence-corrected chi connectivity index (χ3v) is 16.9. The fourth-order valence-corrected chi connectivity index (χ4v) is 13.6. The second-order valence-electron chi connectivity index (χ2n) is 22.4. The van der Waals surface area contributed by atoms with Gasteiger partial charge in [0.05, 0.1) is 23.8 Å². The molecule has 5 aliphatic carbocycles. The van der Waals surface area contributed by atoms with Gasteiger partial charge in [-0.1, -0.05) is 72.2 Å². The SMILES string of the molecule is CC(C)C1=C2[C@H]3CC[C@@H]4[C@@]5(C)CC[C@H](OC(=O)CC(C)(C)C(=O)O)C(C)(C)[C@@H]5CC[C@@]4(C)[C@]3(C)CC[C@@]2(C(=O)CN(Cc2ccc(Cl)cc2)C(=O)OC(C)(C)C)CC1=O. The predicted octanol–water partition coefficient (Wildman–Crippen LogP) is 11.0. The normalized spacial score (nSPS) is 34.0. The van der Waals surface area contributed by atoms with Crippen molar-refractivity contribution in [1.29, 1.82) is 0 Å². The van der Waals surface area contributed by atoms with E-state index in [1.54, 1.807) is 26.0 Å². The number of carbonyl (C=O) groups excluding carboxylic acids is 4. The van der Waals surface area contributed by atoms with Crippen LogP contribution in [0.25, 0.3) is 0 Å². The number of ether oxygens (including phenoxy) is 2. The van der Waals surface area contributed by atoms with Gasteiger partial charge in [-0.15, -0.1) is 0 Å². The number of benzene rings is 1. The largest absolute Gasteiger partial charge is 0.481 e. The molecule has 1 amide bonds. The first-order valence-corrected chi connectivity index (χ1v) is 22.5. The van der Waals surface area contributed by atoms with Gasteiger partial charge in [-0.25, -0.2) is 4.79 Å². The lowest BCUT2D eigenvalue weighted by molar-refractivity contribution is -0.233. The lowest BCUT2D eigenvalue weighted by Gasteiger charge is -2.72. The van der Waals surface area contributed by atoms with Crippen molar-refractivity contribution >= 4 is 41.2 Å². The number of halogens is 1. The van der Waals surface area contributed by atoms with Crippen LogP contribution in [-0.4, -0.2) is 57.9 Å². The Morgan fingerprint density at radius 3 is 2.10 bits per heavy atom. The molecule has 6 rings (SSSR count). The standard InChI is InChI=1S/C49H70ClNO8/c1-29(2)39-33(52)25-49(36(53)28-51(42(57)59-43(3,4)5)27-30-13-15-31(50)16-14-30)24-23-47(11)32(40(39)49)17-18-35-46(10)21-20-37(58-38(54)26-44(6,7)41(55)56)45(8,9)34(46)19-22-48(35,47)12/h13-16,29,32,34-35,37H,17-28H2,1-12H3,(H,55,56)/t32-,34+,35-,37+,46+,47-,48-,49+/m1/s1. The van der Waals surface area contributed by atoms with E-state index in [0.29, 0.717) is 23.3 Å². The first-order valence-electron chi connectivity index (χ1n) is 22.1. The summed E-state index contributed by atoms with van der Waals surface area (Å²) in [7, 11) is 0. The molecule has 4 saturated carbocycles. The molecule has 326 valence electrons. The van der Waals surface area contributed by atoms with Crippen molar-refractivity contribution in [3.63, 3.8) is 0 Å². The van der Waals surface area contributed by atoms with Crippen molar-refractivity contribution in [3.8, 4) is 0 Å². The van der Waals surface area contributed by atoms with Crippen LogP contribution in [0.1, 0.15) is 153 Å². The molecule has 0 unspecified atom stereocenters. The number of hydrogen-bond donors (Lipinski definition) is 1. The van der Waals surface area contributed by atoms with E-state index in [1.807, 2.05) is 32.9 Å². The number of aliphatic carboxylic acids is 1. The topological polar surface area (TPSA) is 127 Å². The zero-order valence-corrected chi connectivity index (χ0v) is 38.6. The van der Waals surface area contributed by atoms with Crippen molar-refractivity contribution in [2.24, 2.45) is 56.2 Å². The fourth-order valence-electron chi connectivity index (χ4n) is 13.4. The minimum Gasteiger partial charge on any atom is -0.481 e. The maximum atomic E-state index is 15.2. The van der Waals surface area contributed by atoms with E-state index in [9.17, 15) is 24.3 Å². The number of hydrogen-bond acceptors (Lipinski definition) is 7. The molecule has 8 atom stereocenters. The zero-order chi connectivity index (χ0) is 43.9. The summed E-state index contributed by atoms with van der Waals surface area (Å²) in [6.45, 7) is 24.6. The number of carbonyl (C=O) groups is 5. The van der Waals surface area contributed by atoms with E-state index in [-0.39, 0.29) is 77.1 Å². The number of fused-ring (bicyclic) bond motifs is 7. The van der Waals surface area contributed by atoms with Crippen molar-refractivity contribution in [2.45, 2.75) is 166 Å². The summed E-state index contributed by atoms with van der Waals surface area (Å²) in [5, 5.41) is 10.2. The van der Waals surface area contributed by atoms with E-state index in [0.717, 1.165) is 61.7 Å². The lowest BCUT2D eigenvalue weighted by Crippen LogP contribution is -2.66. The molecule has 1 N–H and O–H groups in total. The highest BCUT2D eigenvalue weighted by Crippen LogP contribution is 2.77. The number of carboxylic acids is 1. The van der Waals surface area contributed by atoms with Gasteiger partial charge in [0.2, 0.25) is 0 Å². The Bertz CT molecular complexity index is 1910. The molecular weight excluding hydrogens is 766 g/mol. The Labute approximate surface area is 357 Å². The second-order valence-corrected chi connectivity index (χ2v) is 22.8. The summed E-state index contributed by atoms with van der Waals surface area (Å²) in [4.78, 5) is 69.7. The van der Waals surface area contributed by atoms with Crippen molar-refractivity contribution in [2.75, 3.05) is 6.54 Å². The summed E-state index contributed by atoms with van der Waals surface area (Å²) in [6.07, 6.45) is 5.98. The van der Waals surface area contributed by atoms with Gasteiger partial charge in [-0.3, -0.25) is 24.1 Å². The van der Waals surface area contributed by atoms with Crippen LogP contribution in [-0.2, 0) is 35.2 Å². The summed E-state index contributed by atoms with van der Waals surface area (Å²) >= 11 is 6.19. The molecule has 0 radical (unpaired) electrons. The van der Waals surface area contributed by atoms with Gasteiger partial charge < -0.3 is 14.6 Å². The first kappa shape index (κ1) is 45.3. The van der Waals surface area contributed by atoms with Crippen molar-refractivity contribution in [3.05, 3.63) is 46.0 Å². The molecular formula is C49H70ClNO8. The average molecular weight is 837 g/mol. The molecule has 4 fully saturated rings. The molecule has 5 aliphatic rings. The first-order chi connectivity index (χ1) is 27.1. The second kappa shape index (κ2) is 15.3. The number of Topliss-reactive ketones (excluding diaryl/α,β-unsaturated/α-hetero) is 2. The van der Waals surface area contributed by atoms with Crippen LogP contribution in [0, 0.1) is 56.2 Å². The molecule has 59 heavy (non-hydrogen) atoms. The molecule has 9 nitrogen and oxygen atoms in total. The van der Waals surface area contributed by atoms with Crippen LogP contribution >= 0.6 is 11.6 Å². The maximum absolute atomic E-state index is 15.2. The zero-order valence-electron chi connectivity index (χ0n) is 37.8. The quantitative estimate of drug-likeness (QED) is 0.231. The van der Waals surface area contributed by atoms with Gasteiger partial charge in [-0.05, 0) is 155 Å². The van der Waals surface area contributed by atoms with Gasteiger partial charge in [-0.2, -0.15) is 0 Å². The smallest absolute Gasteiger partial charge is 0.410 e. The molecule has 0 bridgehead atoms. The number of rotatable bonds is 10. The van der Waals surface area contributed by atoms with E-state index < -0.39 is 34.5 Å². The van der Waals surface area contributed by atoms with E-state index in [2.05, 4.69) is 48.5 Å². The lowest BCUT2D eigenvalue weighted by atomic mass is 9.33. The van der Waals surface area contributed by atoms with Crippen LogP contribution in [0.3, 0.4) is 0 Å². The van der Waals surface area contributed by atoms with Gasteiger partial charge >= 0.3 is 18.0 Å².